The number of hydrogen-bond donors (Lipinski definition) is 1. The van der Waals surface area contributed by atoms with Gasteiger partial charge in [0.05, 0.1) is 6.61 Å². The van der Waals surface area contributed by atoms with Crippen LogP contribution < -0.4 is 4.74 Å². The van der Waals surface area contributed by atoms with Crippen molar-refractivity contribution in [3.8, 4) is 17.0 Å². The number of halogens is 2. The van der Waals surface area contributed by atoms with E-state index in [4.69, 9.17) is 9.47 Å². The number of carbonyl (C=O) groups is 1. The minimum atomic E-state index is -0.550. The first kappa shape index (κ1) is 18.1. The van der Waals surface area contributed by atoms with Crippen LogP contribution in [0.3, 0.4) is 0 Å². The van der Waals surface area contributed by atoms with Gasteiger partial charge in [-0.1, -0.05) is 28.1 Å². The molecule has 1 N–H and O–H groups in total. The average molecular weight is 420 g/mol. The molecule has 1 aromatic heterocycles. The first-order valence-corrected chi connectivity index (χ1v) is 8.63. The van der Waals surface area contributed by atoms with E-state index in [9.17, 15) is 9.18 Å². The predicted octanol–water partition coefficient (Wildman–Crippen LogP) is 4.13. The summed E-state index contributed by atoms with van der Waals surface area (Å²) < 4.78 is 24.8. The number of ether oxygens (including phenoxy) is 2. The number of nitrogens with zero attached hydrogens (tertiary/aromatic N) is 2. The first-order valence-electron chi connectivity index (χ1n) is 7.83. The Morgan fingerprint density at radius 1 is 1.23 bits per heavy atom. The molecule has 0 radical (unpaired) electrons. The molecule has 3 rings (SSSR count). The minimum absolute atomic E-state index is 0.108. The molecular formula is C18H15BrFN3O3. The Balaban J connectivity index is 1.80. The van der Waals surface area contributed by atoms with Crippen LogP contribution in [0.1, 0.15) is 23.0 Å². The fourth-order valence-electron chi connectivity index (χ4n) is 2.32. The highest BCUT2D eigenvalue weighted by Crippen LogP contribution is 2.26. The summed E-state index contributed by atoms with van der Waals surface area (Å²) in [6.07, 6.45) is 0. The van der Waals surface area contributed by atoms with E-state index in [2.05, 4.69) is 31.3 Å². The normalized spacial score (nSPS) is 10.6. The number of nitrogens with one attached hydrogen (secondary N) is 1. The largest absolute Gasteiger partial charge is 0.489 e. The van der Waals surface area contributed by atoms with Crippen molar-refractivity contribution in [2.24, 2.45) is 0 Å². The number of carbonyl (C=O) groups excluding carboxylic acids is 1. The Kier molecular flexibility index (Phi) is 5.62. The maximum atomic E-state index is 13.4. The van der Waals surface area contributed by atoms with E-state index in [0.29, 0.717) is 22.6 Å². The fraction of sp³-hybridized carbons (Fsp3) is 0.167. The Labute approximate surface area is 157 Å². The van der Waals surface area contributed by atoms with Crippen molar-refractivity contribution in [1.29, 1.82) is 0 Å². The van der Waals surface area contributed by atoms with Gasteiger partial charge in [-0.25, -0.2) is 9.18 Å². The number of rotatable bonds is 6. The number of hydrogen-bond acceptors (Lipinski definition) is 5. The van der Waals surface area contributed by atoms with E-state index in [-0.39, 0.29) is 24.7 Å². The van der Waals surface area contributed by atoms with Crippen LogP contribution >= 0.6 is 15.9 Å². The van der Waals surface area contributed by atoms with Gasteiger partial charge in [0, 0.05) is 15.6 Å². The third-order valence-electron chi connectivity index (χ3n) is 3.53. The Morgan fingerprint density at radius 3 is 2.88 bits per heavy atom. The quantitative estimate of drug-likeness (QED) is 0.607. The summed E-state index contributed by atoms with van der Waals surface area (Å²) in [7, 11) is 0. The van der Waals surface area contributed by atoms with Crippen molar-refractivity contribution in [3.05, 3.63) is 64.0 Å². The standard InChI is InChI=1S/C18H15BrFN3O3/c1-2-25-18(24)17-16(21-23-22-17)11-4-3-5-14(9-11)26-10-12-8-13(20)6-7-15(12)19/h3-9H,2,10H2,1H3,(H,21,22,23). The monoisotopic (exact) mass is 419 g/mol. The van der Waals surface area contributed by atoms with E-state index < -0.39 is 5.97 Å². The van der Waals surface area contributed by atoms with Crippen LogP contribution in [-0.2, 0) is 11.3 Å². The highest BCUT2D eigenvalue weighted by molar-refractivity contribution is 9.10. The Hall–Kier alpha value is -2.74. The number of benzene rings is 2. The number of H-pyrrole nitrogens is 1. The van der Waals surface area contributed by atoms with Gasteiger partial charge in [0.1, 0.15) is 23.9 Å². The number of aromatic amines is 1. The molecule has 6 nitrogen and oxygen atoms in total. The van der Waals surface area contributed by atoms with Crippen LogP contribution in [0.2, 0.25) is 0 Å². The summed E-state index contributed by atoms with van der Waals surface area (Å²) in [5.41, 5.74) is 1.82. The molecule has 0 bridgehead atoms. The molecule has 2 aromatic carbocycles. The number of aromatic nitrogens is 3. The second-order valence-corrected chi connectivity index (χ2v) is 6.15. The van der Waals surface area contributed by atoms with Crippen molar-refractivity contribution in [2.75, 3.05) is 6.61 Å². The van der Waals surface area contributed by atoms with Crippen molar-refractivity contribution in [1.82, 2.24) is 15.4 Å². The van der Waals surface area contributed by atoms with Crippen LogP contribution in [0.5, 0.6) is 5.75 Å². The zero-order chi connectivity index (χ0) is 18.5. The van der Waals surface area contributed by atoms with Gasteiger partial charge >= 0.3 is 5.97 Å². The highest BCUT2D eigenvalue weighted by atomic mass is 79.9. The van der Waals surface area contributed by atoms with E-state index in [1.807, 2.05) is 0 Å². The molecule has 0 atom stereocenters. The molecule has 0 saturated carbocycles. The molecule has 8 heteroatoms. The first-order chi connectivity index (χ1) is 12.6. The lowest BCUT2D eigenvalue weighted by atomic mass is 10.1. The van der Waals surface area contributed by atoms with Gasteiger partial charge in [0.25, 0.3) is 0 Å². The molecule has 0 aliphatic heterocycles. The maximum absolute atomic E-state index is 13.4. The van der Waals surface area contributed by atoms with E-state index in [1.165, 1.54) is 12.1 Å². The lowest BCUT2D eigenvalue weighted by Crippen LogP contribution is -2.06. The van der Waals surface area contributed by atoms with Gasteiger partial charge in [0.15, 0.2) is 5.69 Å². The predicted molar refractivity (Wildman–Crippen MR) is 96.2 cm³/mol. The molecule has 0 aliphatic carbocycles. The van der Waals surface area contributed by atoms with Crippen LogP contribution in [0.25, 0.3) is 11.3 Å². The van der Waals surface area contributed by atoms with Crippen molar-refractivity contribution >= 4 is 21.9 Å². The SMILES string of the molecule is CCOC(=O)c1n[nH]nc1-c1cccc(OCc2cc(F)ccc2Br)c1. The molecular weight excluding hydrogens is 405 g/mol. The van der Waals surface area contributed by atoms with E-state index >= 15 is 0 Å². The van der Waals surface area contributed by atoms with Crippen molar-refractivity contribution in [2.45, 2.75) is 13.5 Å². The summed E-state index contributed by atoms with van der Waals surface area (Å²) >= 11 is 3.37. The van der Waals surface area contributed by atoms with Gasteiger partial charge < -0.3 is 9.47 Å². The molecule has 0 aliphatic rings. The second-order valence-electron chi connectivity index (χ2n) is 5.29. The molecule has 134 valence electrons. The fourth-order valence-corrected chi connectivity index (χ4v) is 2.68. The summed E-state index contributed by atoms with van der Waals surface area (Å²) in [5.74, 6) is -0.329. The van der Waals surface area contributed by atoms with Crippen molar-refractivity contribution < 1.29 is 18.7 Å². The highest BCUT2D eigenvalue weighted by Gasteiger charge is 2.19. The Morgan fingerprint density at radius 2 is 2.08 bits per heavy atom. The molecule has 1 heterocycles. The molecule has 0 spiro atoms. The molecule has 3 aromatic rings. The zero-order valence-electron chi connectivity index (χ0n) is 13.8. The zero-order valence-corrected chi connectivity index (χ0v) is 15.4. The lowest BCUT2D eigenvalue weighted by molar-refractivity contribution is 0.0520. The van der Waals surface area contributed by atoms with Crippen LogP contribution in [-0.4, -0.2) is 28.0 Å². The summed E-state index contributed by atoms with van der Waals surface area (Å²) in [6.45, 7) is 2.15. The Bertz CT molecular complexity index is 930. The third kappa shape index (κ3) is 4.08. The average Bonchev–Trinajstić information content (AvgIpc) is 3.13. The molecule has 0 unspecified atom stereocenters. The number of esters is 1. The lowest BCUT2D eigenvalue weighted by Gasteiger charge is -2.09. The molecule has 0 amide bonds. The van der Waals surface area contributed by atoms with Crippen LogP contribution in [0.4, 0.5) is 4.39 Å². The van der Waals surface area contributed by atoms with E-state index in [1.54, 1.807) is 37.3 Å². The van der Waals surface area contributed by atoms with Gasteiger partial charge in [-0.2, -0.15) is 10.3 Å². The smallest absolute Gasteiger partial charge is 0.361 e. The van der Waals surface area contributed by atoms with Crippen LogP contribution in [0.15, 0.2) is 46.9 Å². The second kappa shape index (κ2) is 8.09. The summed E-state index contributed by atoms with van der Waals surface area (Å²) in [4.78, 5) is 11.9. The molecule has 0 saturated heterocycles. The molecule has 26 heavy (non-hydrogen) atoms. The van der Waals surface area contributed by atoms with Crippen molar-refractivity contribution in [3.63, 3.8) is 0 Å². The summed E-state index contributed by atoms with van der Waals surface area (Å²) in [6, 6.07) is 11.5. The third-order valence-corrected chi connectivity index (χ3v) is 4.30. The van der Waals surface area contributed by atoms with Gasteiger partial charge in [-0.3, -0.25) is 0 Å². The summed E-state index contributed by atoms with van der Waals surface area (Å²) in [5, 5.41) is 10.3. The van der Waals surface area contributed by atoms with Gasteiger partial charge in [-0.05, 0) is 37.3 Å². The van der Waals surface area contributed by atoms with E-state index in [0.717, 1.165) is 4.47 Å². The maximum Gasteiger partial charge on any atom is 0.361 e. The van der Waals surface area contributed by atoms with Crippen LogP contribution in [0, 0.1) is 5.82 Å². The molecule has 0 fully saturated rings. The minimum Gasteiger partial charge on any atom is -0.489 e. The topological polar surface area (TPSA) is 77.1 Å². The van der Waals surface area contributed by atoms with Gasteiger partial charge in [0.2, 0.25) is 0 Å². The van der Waals surface area contributed by atoms with Gasteiger partial charge in [-0.15, -0.1) is 5.10 Å².